The molecule has 5 heteroatoms. The first-order chi connectivity index (χ1) is 8.54. The molecule has 0 aromatic heterocycles. The molecule has 0 aromatic carbocycles. The fourth-order valence-electron chi connectivity index (χ4n) is 3.41. The van der Waals surface area contributed by atoms with E-state index in [4.69, 9.17) is 5.73 Å². The molecule has 2 saturated carbocycles. The van der Waals surface area contributed by atoms with Gasteiger partial charge >= 0.3 is 0 Å². The number of hydrogen-bond donors (Lipinski definition) is 3. The van der Waals surface area contributed by atoms with Crippen molar-refractivity contribution in [2.24, 2.45) is 17.1 Å². The zero-order valence-corrected chi connectivity index (χ0v) is 11.5. The molecule has 0 radical (unpaired) electrons. The van der Waals surface area contributed by atoms with Gasteiger partial charge < -0.3 is 11.1 Å². The Morgan fingerprint density at radius 1 is 1.28 bits per heavy atom. The lowest BCUT2D eigenvalue weighted by molar-refractivity contribution is -0.125. The minimum atomic E-state index is -0.150. The van der Waals surface area contributed by atoms with Gasteiger partial charge in [0.2, 0.25) is 11.8 Å². The number of amides is 2. The van der Waals surface area contributed by atoms with Crippen LogP contribution in [0.4, 0.5) is 0 Å². The summed E-state index contributed by atoms with van der Waals surface area (Å²) in [6.07, 6.45) is 6.64. The van der Waals surface area contributed by atoms with E-state index in [1.165, 1.54) is 0 Å². The summed E-state index contributed by atoms with van der Waals surface area (Å²) in [5.41, 5.74) is 5.72. The smallest absolute Gasteiger partial charge is 0.221 e. The highest BCUT2D eigenvalue weighted by Gasteiger charge is 2.46. The van der Waals surface area contributed by atoms with Gasteiger partial charge in [0.15, 0.2) is 0 Å². The first-order valence-corrected chi connectivity index (χ1v) is 7.37. The van der Waals surface area contributed by atoms with Crippen molar-refractivity contribution in [1.82, 2.24) is 5.32 Å². The lowest BCUT2D eigenvalue weighted by Gasteiger charge is -2.51. The van der Waals surface area contributed by atoms with Crippen molar-refractivity contribution >= 4 is 24.4 Å². The first kappa shape index (κ1) is 13.7. The third-order valence-corrected chi connectivity index (χ3v) is 4.74. The third-order valence-electron chi connectivity index (χ3n) is 4.51. The second-order valence-corrected chi connectivity index (χ2v) is 6.27. The molecule has 0 heterocycles. The van der Waals surface area contributed by atoms with E-state index in [-0.39, 0.29) is 17.7 Å². The first-order valence-electron chi connectivity index (χ1n) is 6.74. The molecule has 2 amide bonds. The Balaban J connectivity index is 1.72. The number of carbonyl (C=O) groups is 2. The minimum Gasteiger partial charge on any atom is -0.369 e. The molecular weight excluding hydrogens is 248 g/mol. The van der Waals surface area contributed by atoms with Crippen molar-refractivity contribution in [2.75, 3.05) is 5.75 Å². The Labute approximate surface area is 113 Å². The number of hydrogen-bond acceptors (Lipinski definition) is 3. The zero-order chi connectivity index (χ0) is 13.2. The summed E-state index contributed by atoms with van der Waals surface area (Å²) in [5.74, 6) is 0.635. The van der Waals surface area contributed by atoms with Crippen molar-refractivity contribution < 1.29 is 9.59 Å². The molecule has 2 aliphatic carbocycles. The molecule has 4 nitrogen and oxygen atoms in total. The van der Waals surface area contributed by atoms with Crippen LogP contribution in [0.15, 0.2) is 0 Å². The summed E-state index contributed by atoms with van der Waals surface area (Å²) in [6.45, 7) is 0. The van der Waals surface area contributed by atoms with E-state index < -0.39 is 0 Å². The molecule has 102 valence electrons. The second-order valence-electron chi connectivity index (χ2n) is 5.82. The van der Waals surface area contributed by atoms with Crippen molar-refractivity contribution in [3.8, 4) is 0 Å². The maximum atomic E-state index is 11.4. The van der Waals surface area contributed by atoms with Crippen LogP contribution in [-0.2, 0) is 9.59 Å². The van der Waals surface area contributed by atoms with Crippen LogP contribution in [0.1, 0.15) is 44.9 Å². The molecule has 0 saturated heterocycles. The van der Waals surface area contributed by atoms with Gasteiger partial charge in [-0.25, -0.2) is 0 Å². The number of thiol groups is 1. The van der Waals surface area contributed by atoms with Gasteiger partial charge in [0.1, 0.15) is 0 Å². The van der Waals surface area contributed by atoms with E-state index in [1.807, 2.05) is 0 Å². The quantitative estimate of drug-likeness (QED) is 0.673. The summed E-state index contributed by atoms with van der Waals surface area (Å²) in [4.78, 5) is 22.5. The van der Waals surface area contributed by atoms with Gasteiger partial charge in [-0.3, -0.25) is 9.59 Å². The molecule has 2 fully saturated rings. The summed E-state index contributed by atoms with van der Waals surface area (Å²) in [5, 5.41) is 3.04. The average molecular weight is 270 g/mol. The van der Waals surface area contributed by atoms with Crippen LogP contribution < -0.4 is 11.1 Å². The van der Waals surface area contributed by atoms with Gasteiger partial charge in [-0.05, 0) is 49.7 Å². The summed E-state index contributed by atoms with van der Waals surface area (Å²) < 4.78 is 0. The highest BCUT2D eigenvalue weighted by atomic mass is 32.1. The van der Waals surface area contributed by atoms with Crippen molar-refractivity contribution in [1.29, 1.82) is 0 Å². The van der Waals surface area contributed by atoms with E-state index in [0.29, 0.717) is 23.6 Å². The molecule has 2 aliphatic rings. The SMILES string of the molecule is NC(=O)C1CCC2(CC1)CC(NC(=O)CCS)C2. The van der Waals surface area contributed by atoms with Gasteiger partial charge in [0.05, 0.1) is 0 Å². The maximum Gasteiger partial charge on any atom is 0.221 e. The highest BCUT2D eigenvalue weighted by Crippen LogP contribution is 2.52. The summed E-state index contributed by atoms with van der Waals surface area (Å²) in [7, 11) is 0. The Hall–Kier alpha value is -0.710. The molecule has 1 spiro atoms. The van der Waals surface area contributed by atoms with Crippen LogP contribution in [0.5, 0.6) is 0 Å². The molecule has 0 unspecified atom stereocenters. The normalized spacial score (nSPS) is 34.9. The van der Waals surface area contributed by atoms with Crippen LogP contribution >= 0.6 is 12.6 Å². The Morgan fingerprint density at radius 2 is 1.89 bits per heavy atom. The van der Waals surface area contributed by atoms with E-state index >= 15 is 0 Å². The van der Waals surface area contributed by atoms with Gasteiger partial charge in [-0.1, -0.05) is 0 Å². The van der Waals surface area contributed by atoms with Crippen LogP contribution in [0.25, 0.3) is 0 Å². The zero-order valence-electron chi connectivity index (χ0n) is 10.7. The van der Waals surface area contributed by atoms with Gasteiger partial charge in [0, 0.05) is 18.4 Å². The van der Waals surface area contributed by atoms with Crippen LogP contribution in [0.2, 0.25) is 0 Å². The van der Waals surface area contributed by atoms with Gasteiger partial charge in [-0.15, -0.1) is 0 Å². The third kappa shape index (κ3) is 2.99. The van der Waals surface area contributed by atoms with Crippen LogP contribution in [0.3, 0.4) is 0 Å². The molecule has 3 N–H and O–H groups in total. The van der Waals surface area contributed by atoms with E-state index in [1.54, 1.807) is 0 Å². The molecule has 2 rings (SSSR count). The summed E-state index contributed by atoms with van der Waals surface area (Å²) in [6, 6.07) is 0.336. The van der Waals surface area contributed by atoms with E-state index in [2.05, 4.69) is 17.9 Å². The second kappa shape index (κ2) is 5.51. The van der Waals surface area contributed by atoms with Crippen molar-refractivity contribution in [3.63, 3.8) is 0 Å². The molecule has 0 atom stereocenters. The van der Waals surface area contributed by atoms with Crippen molar-refractivity contribution in [3.05, 3.63) is 0 Å². The number of rotatable bonds is 4. The lowest BCUT2D eigenvalue weighted by Crippen LogP contribution is -2.52. The average Bonchev–Trinajstić information content (AvgIpc) is 2.28. The molecular formula is C13H22N2O2S. The lowest BCUT2D eigenvalue weighted by atomic mass is 9.57. The highest BCUT2D eigenvalue weighted by molar-refractivity contribution is 7.80. The topological polar surface area (TPSA) is 72.2 Å². The monoisotopic (exact) mass is 270 g/mol. The van der Waals surface area contributed by atoms with Gasteiger partial charge in [-0.2, -0.15) is 12.6 Å². The fourth-order valence-corrected chi connectivity index (χ4v) is 3.62. The predicted molar refractivity (Wildman–Crippen MR) is 73.2 cm³/mol. The van der Waals surface area contributed by atoms with E-state index in [0.717, 1.165) is 38.5 Å². The number of nitrogens with one attached hydrogen (secondary N) is 1. The number of nitrogens with two attached hydrogens (primary N) is 1. The molecule has 0 bridgehead atoms. The fraction of sp³-hybridized carbons (Fsp3) is 0.846. The molecule has 0 aromatic rings. The number of carbonyl (C=O) groups excluding carboxylic acids is 2. The van der Waals surface area contributed by atoms with Crippen LogP contribution in [-0.4, -0.2) is 23.6 Å². The Bertz CT molecular complexity index is 330. The predicted octanol–water partition coefficient (Wildman–Crippen LogP) is 1.25. The number of primary amides is 1. The van der Waals surface area contributed by atoms with Gasteiger partial charge in [0.25, 0.3) is 0 Å². The Morgan fingerprint density at radius 3 is 2.39 bits per heavy atom. The van der Waals surface area contributed by atoms with E-state index in [9.17, 15) is 9.59 Å². The largest absolute Gasteiger partial charge is 0.369 e. The summed E-state index contributed by atoms with van der Waals surface area (Å²) >= 11 is 4.05. The minimum absolute atomic E-state index is 0.0773. The molecule has 0 aliphatic heterocycles. The Kier molecular flexibility index (Phi) is 4.20. The van der Waals surface area contributed by atoms with Crippen molar-refractivity contribution in [2.45, 2.75) is 51.0 Å². The maximum absolute atomic E-state index is 11.4. The standard InChI is InChI=1S/C13H22N2O2S/c14-12(17)9-1-4-13(5-2-9)7-10(8-13)15-11(16)3-6-18/h9-10,18H,1-8H2,(H2,14,17)(H,15,16). The molecule has 18 heavy (non-hydrogen) atoms. The van der Waals surface area contributed by atoms with Crippen LogP contribution in [0, 0.1) is 11.3 Å².